The third kappa shape index (κ3) is 4.61. The van der Waals surface area contributed by atoms with Crippen LogP contribution >= 0.6 is 0 Å². The molecule has 0 aromatic rings. The molecule has 2 heteroatoms. The summed E-state index contributed by atoms with van der Waals surface area (Å²) >= 11 is 0. The zero-order valence-corrected chi connectivity index (χ0v) is 9.63. The van der Waals surface area contributed by atoms with Crippen LogP contribution in [0, 0.1) is 0 Å². The molecule has 0 atom stereocenters. The fraction of sp³-hybridized carbons (Fsp3) is 0.769. The van der Waals surface area contributed by atoms with E-state index in [0.717, 1.165) is 44.9 Å². The molecule has 2 nitrogen and oxygen atoms in total. The van der Waals surface area contributed by atoms with Crippen molar-refractivity contribution >= 4 is 5.78 Å². The molecule has 15 heavy (non-hydrogen) atoms. The third-order valence-electron chi connectivity index (χ3n) is 3.26. The summed E-state index contributed by atoms with van der Waals surface area (Å²) in [6.45, 7) is 3.68. The van der Waals surface area contributed by atoms with Gasteiger partial charge in [0.05, 0.1) is 0 Å². The van der Waals surface area contributed by atoms with Gasteiger partial charge in [-0.1, -0.05) is 12.5 Å². The fourth-order valence-corrected chi connectivity index (χ4v) is 2.08. The van der Waals surface area contributed by atoms with Gasteiger partial charge in [0, 0.05) is 18.4 Å². The minimum Gasteiger partial charge on any atom is -0.325 e. The second-order valence-electron chi connectivity index (χ2n) is 4.82. The van der Waals surface area contributed by atoms with Gasteiger partial charge in [-0.15, -0.1) is 6.58 Å². The van der Waals surface area contributed by atoms with Crippen LogP contribution in [0.25, 0.3) is 0 Å². The van der Waals surface area contributed by atoms with Crippen molar-refractivity contribution in [3.05, 3.63) is 12.7 Å². The van der Waals surface area contributed by atoms with Crippen LogP contribution < -0.4 is 5.73 Å². The van der Waals surface area contributed by atoms with Crippen molar-refractivity contribution in [2.75, 3.05) is 0 Å². The number of nitrogens with two attached hydrogens (primary N) is 1. The molecule has 1 aliphatic rings. The summed E-state index contributed by atoms with van der Waals surface area (Å²) in [6.07, 6.45) is 10.9. The number of hydrogen-bond acceptors (Lipinski definition) is 2. The van der Waals surface area contributed by atoms with Crippen molar-refractivity contribution in [1.29, 1.82) is 0 Å². The number of Topliss-reactive ketones (excluding diaryl/α,β-unsaturated/α-hetero) is 1. The number of carbonyl (C=O) groups is 1. The number of rotatable bonds is 8. The summed E-state index contributed by atoms with van der Waals surface area (Å²) in [6, 6.07) is 0. The lowest BCUT2D eigenvalue weighted by molar-refractivity contribution is -0.121. The first-order valence-electron chi connectivity index (χ1n) is 6.08. The van der Waals surface area contributed by atoms with E-state index in [1.54, 1.807) is 0 Å². The molecule has 1 rings (SSSR count). The van der Waals surface area contributed by atoms with E-state index in [0.29, 0.717) is 12.2 Å². The first kappa shape index (κ1) is 12.4. The van der Waals surface area contributed by atoms with Crippen LogP contribution in [0.5, 0.6) is 0 Å². The van der Waals surface area contributed by atoms with Crippen LogP contribution in [-0.2, 0) is 4.79 Å². The Bertz CT molecular complexity index is 219. The maximum absolute atomic E-state index is 11.6. The highest BCUT2D eigenvalue weighted by molar-refractivity contribution is 5.79. The molecule has 0 heterocycles. The van der Waals surface area contributed by atoms with Gasteiger partial charge < -0.3 is 5.73 Å². The van der Waals surface area contributed by atoms with E-state index in [2.05, 4.69) is 6.58 Å². The van der Waals surface area contributed by atoms with Crippen molar-refractivity contribution < 1.29 is 4.79 Å². The van der Waals surface area contributed by atoms with Gasteiger partial charge in [0.2, 0.25) is 0 Å². The molecule has 0 bridgehead atoms. The Balaban J connectivity index is 2.01. The van der Waals surface area contributed by atoms with Crippen LogP contribution in [0.15, 0.2) is 12.7 Å². The van der Waals surface area contributed by atoms with Gasteiger partial charge >= 0.3 is 0 Å². The molecule has 1 saturated carbocycles. The summed E-state index contributed by atoms with van der Waals surface area (Å²) in [5.41, 5.74) is 5.89. The Hall–Kier alpha value is -0.630. The Morgan fingerprint density at radius 1 is 1.33 bits per heavy atom. The van der Waals surface area contributed by atoms with E-state index in [1.807, 2.05) is 6.08 Å². The van der Waals surface area contributed by atoms with E-state index >= 15 is 0 Å². The van der Waals surface area contributed by atoms with Crippen molar-refractivity contribution in [3.63, 3.8) is 0 Å². The third-order valence-corrected chi connectivity index (χ3v) is 3.26. The van der Waals surface area contributed by atoms with E-state index < -0.39 is 0 Å². The maximum Gasteiger partial charge on any atom is 0.134 e. The molecule has 2 N–H and O–H groups in total. The van der Waals surface area contributed by atoms with Crippen molar-refractivity contribution in [3.8, 4) is 0 Å². The highest BCUT2D eigenvalue weighted by atomic mass is 16.1. The predicted octanol–water partition coefficient (Wildman–Crippen LogP) is 2.96. The number of allylic oxidation sites excluding steroid dienone is 1. The summed E-state index contributed by atoms with van der Waals surface area (Å²) in [4.78, 5) is 11.6. The van der Waals surface area contributed by atoms with Crippen LogP contribution in [0.4, 0.5) is 0 Å². The van der Waals surface area contributed by atoms with Gasteiger partial charge in [-0.25, -0.2) is 0 Å². The maximum atomic E-state index is 11.6. The van der Waals surface area contributed by atoms with E-state index in [9.17, 15) is 4.79 Å². The first-order chi connectivity index (χ1) is 7.16. The van der Waals surface area contributed by atoms with Gasteiger partial charge in [-0.2, -0.15) is 0 Å². The lowest BCUT2D eigenvalue weighted by atomic mass is 9.74. The molecule has 0 amide bonds. The van der Waals surface area contributed by atoms with Crippen LogP contribution in [0.1, 0.15) is 57.8 Å². The van der Waals surface area contributed by atoms with Crippen LogP contribution in [0.3, 0.4) is 0 Å². The molecule has 1 fully saturated rings. The zero-order chi connectivity index (χ0) is 11.1. The Labute approximate surface area is 92.9 Å². The second-order valence-corrected chi connectivity index (χ2v) is 4.82. The Morgan fingerprint density at radius 3 is 2.60 bits per heavy atom. The van der Waals surface area contributed by atoms with Gasteiger partial charge in [-0.3, -0.25) is 4.79 Å². The van der Waals surface area contributed by atoms with E-state index in [-0.39, 0.29) is 5.54 Å². The molecule has 0 radical (unpaired) electrons. The topological polar surface area (TPSA) is 43.1 Å². The smallest absolute Gasteiger partial charge is 0.134 e. The molecule has 0 aromatic carbocycles. The van der Waals surface area contributed by atoms with Gasteiger partial charge in [0.25, 0.3) is 0 Å². The quantitative estimate of drug-likeness (QED) is 0.493. The molecule has 0 spiro atoms. The molecule has 0 unspecified atom stereocenters. The Kier molecular flexibility index (Phi) is 5.03. The van der Waals surface area contributed by atoms with E-state index in [1.165, 1.54) is 6.42 Å². The molecule has 1 aliphatic carbocycles. The van der Waals surface area contributed by atoms with Crippen molar-refractivity contribution in [2.45, 2.75) is 63.3 Å². The first-order valence-corrected chi connectivity index (χ1v) is 6.08. The van der Waals surface area contributed by atoms with Gasteiger partial charge in [-0.05, 0) is 38.5 Å². The summed E-state index contributed by atoms with van der Waals surface area (Å²) in [5, 5.41) is 0. The fourth-order valence-electron chi connectivity index (χ4n) is 2.08. The van der Waals surface area contributed by atoms with Crippen LogP contribution in [0.2, 0.25) is 0 Å². The summed E-state index contributed by atoms with van der Waals surface area (Å²) in [5.74, 6) is 0.357. The summed E-state index contributed by atoms with van der Waals surface area (Å²) in [7, 11) is 0. The SMILES string of the molecule is C=CCCCCCC(=O)CC1(N)CCC1. The number of carbonyl (C=O) groups excluding carboxylic acids is 1. The van der Waals surface area contributed by atoms with Gasteiger partial charge in [0.15, 0.2) is 0 Å². The average Bonchev–Trinajstić information content (AvgIpc) is 2.15. The normalized spacial score (nSPS) is 18.2. The molecule has 0 aromatic heterocycles. The average molecular weight is 209 g/mol. The number of ketones is 1. The second kappa shape index (κ2) is 6.06. The minimum atomic E-state index is -0.127. The standard InChI is InChI=1S/C13H23NO/c1-2-3-4-5-6-8-12(15)11-13(14)9-7-10-13/h2H,1,3-11,14H2. The lowest BCUT2D eigenvalue weighted by Gasteiger charge is -2.37. The van der Waals surface area contributed by atoms with Gasteiger partial charge in [0.1, 0.15) is 5.78 Å². The lowest BCUT2D eigenvalue weighted by Crippen LogP contribution is -2.48. The van der Waals surface area contributed by atoms with E-state index in [4.69, 9.17) is 5.73 Å². The highest BCUT2D eigenvalue weighted by Crippen LogP contribution is 2.32. The largest absolute Gasteiger partial charge is 0.325 e. The number of unbranched alkanes of at least 4 members (excludes halogenated alkanes) is 3. The Morgan fingerprint density at radius 2 is 2.07 bits per heavy atom. The van der Waals surface area contributed by atoms with Crippen molar-refractivity contribution in [1.82, 2.24) is 0 Å². The summed E-state index contributed by atoms with van der Waals surface area (Å²) < 4.78 is 0. The molecular formula is C13H23NO. The molecule has 0 aliphatic heterocycles. The van der Waals surface area contributed by atoms with Crippen LogP contribution in [-0.4, -0.2) is 11.3 Å². The zero-order valence-electron chi connectivity index (χ0n) is 9.63. The predicted molar refractivity (Wildman–Crippen MR) is 63.7 cm³/mol. The van der Waals surface area contributed by atoms with Crippen molar-refractivity contribution in [2.24, 2.45) is 5.73 Å². The monoisotopic (exact) mass is 209 g/mol. The number of hydrogen-bond donors (Lipinski definition) is 1. The molecule has 86 valence electrons. The molecule has 0 saturated heterocycles. The minimum absolute atomic E-state index is 0.127. The highest BCUT2D eigenvalue weighted by Gasteiger charge is 2.34. The molecular weight excluding hydrogens is 186 g/mol.